The summed E-state index contributed by atoms with van der Waals surface area (Å²) in [7, 11) is 0. The van der Waals surface area contributed by atoms with E-state index in [0.29, 0.717) is 5.82 Å². The van der Waals surface area contributed by atoms with E-state index in [4.69, 9.17) is 5.11 Å². The summed E-state index contributed by atoms with van der Waals surface area (Å²) in [5.74, 6) is -0.277. The van der Waals surface area contributed by atoms with Crippen LogP contribution in [0.1, 0.15) is 17.1 Å². The number of carbonyl (C=O) groups is 1. The van der Waals surface area contributed by atoms with Crippen LogP contribution in [0, 0.1) is 13.8 Å². The van der Waals surface area contributed by atoms with E-state index in [1.54, 1.807) is 6.20 Å². The van der Waals surface area contributed by atoms with E-state index in [-0.39, 0.29) is 0 Å². The van der Waals surface area contributed by atoms with Crippen molar-refractivity contribution in [1.82, 2.24) is 15.0 Å². The quantitative estimate of drug-likeness (QED) is 0.750. The smallest absolute Gasteiger partial charge is 0.328 e. The predicted octanol–water partition coefficient (Wildman–Crippen LogP) is 1.67. The summed E-state index contributed by atoms with van der Waals surface area (Å²) >= 11 is 0. The van der Waals surface area contributed by atoms with Gasteiger partial charge in [-0.15, -0.1) is 0 Å². The molecule has 16 heavy (non-hydrogen) atoms. The number of nitrogens with one attached hydrogen (secondary N) is 1. The molecule has 82 valence electrons. The van der Waals surface area contributed by atoms with Crippen molar-refractivity contribution in [3.63, 3.8) is 0 Å². The van der Waals surface area contributed by atoms with E-state index in [1.807, 2.05) is 13.8 Å². The predicted molar refractivity (Wildman–Crippen MR) is 60.0 cm³/mol. The SMILES string of the molecule is Cc1nc(C)c2c(/C=C/C(=O)O)c[nH]c2n1. The molecule has 2 rings (SSSR count). The normalized spacial score (nSPS) is 11.4. The van der Waals surface area contributed by atoms with Crippen molar-refractivity contribution in [2.24, 2.45) is 0 Å². The number of aryl methyl sites for hydroxylation is 2. The maximum atomic E-state index is 10.4. The summed E-state index contributed by atoms with van der Waals surface area (Å²) in [4.78, 5) is 21.9. The van der Waals surface area contributed by atoms with Crippen molar-refractivity contribution in [3.8, 4) is 0 Å². The Hall–Kier alpha value is -2.17. The first-order chi connectivity index (χ1) is 7.58. The Balaban J connectivity index is 2.60. The molecule has 0 unspecified atom stereocenters. The fraction of sp³-hybridized carbons (Fsp3) is 0.182. The van der Waals surface area contributed by atoms with E-state index in [0.717, 1.165) is 28.4 Å². The largest absolute Gasteiger partial charge is 0.478 e. The number of aromatic nitrogens is 3. The number of carboxylic acid groups (broad SMARTS) is 1. The molecule has 0 aliphatic heterocycles. The monoisotopic (exact) mass is 217 g/mol. The van der Waals surface area contributed by atoms with Gasteiger partial charge >= 0.3 is 5.97 Å². The van der Waals surface area contributed by atoms with Gasteiger partial charge in [-0.1, -0.05) is 0 Å². The summed E-state index contributed by atoms with van der Waals surface area (Å²) < 4.78 is 0. The molecule has 2 aromatic rings. The van der Waals surface area contributed by atoms with Crippen LogP contribution >= 0.6 is 0 Å². The minimum Gasteiger partial charge on any atom is -0.478 e. The molecule has 2 N–H and O–H groups in total. The first-order valence-electron chi connectivity index (χ1n) is 4.81. The number of H-pyrrole nitrogens is 1. The Morgan fingerprint density at radius 3 is 2.88 bits per heavy atom. The van der Waals surface area contributed by atoms with E-state index >= 15 is 0 Å². The number of fused-ring (bicyclic) bond motifs is 1. The lowest BCUT2D eigenvalue weighted by Crippen LogP contribution is -1.92. The molecular formula is C11H11N3O2. The molecule has 0 radical (unpaired) electrons. The number of aromatic amines is 1. The molecule has 5 heteroatoms. The van der Waals surface area contributed by atoms with Gasteiger partial charge in [-0.3, -0.25) is 0 Å². The third-order valence-electron chi connectivity index (χ3n) is 2.26. The average molecular weight is 217 g/mol. The molecule has 0 fully saturated rings. The van der Waals surface area contributed by atoms with E-state index in [9.17, 15) is 4.79 Å². The van der Waals surface area contributed by atoms with E-state index < -0.39 is 5.97 Å². The topological polar surface area (TPSA) is 78.9 Å². The van der Waals surface area contributed by atoms with Gasteiger partial charge in [0, 0.05) is 23.2 Å². The molecule has 0 aliphatic rings. The third kappa shape index (κ3) is 1.79. The fourth-order valence-corrected chi connectivity index (χ4v) is 1.67. The summed E-state index contributed by atoms with van der Waals surface area (Å²) in [6, 6.07) is 0. The Morgan fingerprint density at radius 1 is 1.44 bits per heavy atom. The highest BCUT2D eigenvalue weighted by Gasteiger charge is 2.07. The standard InChI is InChI=1S/C11H11N3O2/c1-6-10-8(3-4-9(15)16)5-12-11(10)14-7(2)13-6/h3-5H,1-2H3,(H,15,16)(H,12,13,14)/b4-3+. The highest BCUT2D eigenvalue weighted by atomic mass is 16.4. The first-order valence-corrected chi connectivity index (χ1v) is 4.81. The second-order valence-electron chi connectivity index (χ2n) is 3.50. The van der Waals surface area contributed by atoms with Gasteiger partial charge in [0.1, 0.15) is 11.5 Å². The number of hydrogen-bond acceptors (Lipinski definition) is 3. The zero-order valence-electron chi connectivity index (χ0n) is 8.98. The molecule has 2 heterocycles. The summed E-state index contributed by atoms with van der Waals surface area (Å²) in [6.07, 6.45) is 4.36. The van der Waals surface area contributed by atoms with Gasteiger partial charge in [-0.25, -0.2) is 14.8 Å². The molecule has 5 nitrogen and oxygen atoms in total. The maximum absolute atomic E-state index is 10.4. The fourth-order valence-electron chi connectivity index (χ4n) is 1.67. The molecule has 0 spiro atoms. The Bertz CT molecular complexity index is 584. The van der Waals surface area contributed by atoms with E-state index in [1.165, 1.54) is 6.08 Å². The number of hydrogen-bond donors (Lipinski definition) is 2. The number of carboxylic acids is 1. The van der Waals surface area contributed by atoms with Crippen molar-refractivity contribution in [1.29, 1.82) is 0 Å². The maximum Gasteiger partial charge on any atom is 0.328 e. The van der Waals surface area contributed by atoms with Gasteiger partial charge in [0.05, 0.1) is 5.69 Å². The molecule has 0 saturated heterocycles. The Morgan fingerprint density at radius 2 is 2.19 bits per heavy atom. The lowest BCUT2D eigenvalue weighted by Gasteiger charge is -1.98. The second-order valence-corrected chi connectivity index (χ2v) is 3.50. The number of aliphatic carboxylic acids is 1. The highest BCUT2D eigenvalue weighted by Crippen LogP contribution is 2.20. The lowest BCUT2D eigenvalue weighted by molar-refractivity contribution is -0.131. The molecule has 0 saturated carbocycles. The Kier molecular flexibility index (Phi) is 2.44. The number of rotatable bonds is 2. The molecule has 2 aromatic heterocycles. The minimum atomic E-state index is -0.972. The van der Waals surface area contributed by atoms with Crippen LogP contribution in [-0.4, -0.2) is 26.0 Å². The van der Waals surface area contributed by atoms with Gasteiger partial charge in [0.15, 0.2) is 0 Å². The van der Waals surface area contributed by atoms with Gasteiger partial charge < -0.3 is 10.1 Å². The van der Waals surface area contributed by atoms with Gasteiger partial charge in [0.2, 0.25) is 0 Å². The van der Waals surface area contributed by atoms with Crippen LogP contribution in [0.4, 0.5) is 0 Å². The molecule has 0 aliphatic carbocycles. The molecule has 0 bridgehead atoms. The van der Waals surface area contributed by atoms with Crippen LogP contribution in [0.3, 0.4) is 0 Å². The van der Waals surface area contributed by atoms with Crippen LogP contribution in [0.5, 0.6) is 0 Å². The lowest BCUT2D eigenvalue weighted by atomic mass is 10.2. The van der Waals surface area contributed by atoms with Crippen LogP contribution in [0.2, 0.25) is 0 Å². The molecule has 0 aromatic carbocycles. The van der Waals surface area contributed by atoms with Gasteiger partial charge in [-0.2, -0.15) is 0 Å². The minimum absolute atomic E-state index is 0.695. The van der Waals surface area contributed by atoms with Gasteiger partial charge in [-0.05, 0) is 19.9 Å². The molecule has 0 amide bonds. The van der Waals surface area contributed by atoms with Crippen LogP contribution < -0.4 is 0 Å². The first kappa shape index (κ1) is 10.4. The zero-order chi connectivity index (χ0) is 11.7. The van der Waals surface area contributed by atoms with Gasteiger partial charge in [0.25, 0.3) is 0 Å². The zero-order valence-corrected chi connectivity index (χ0v) is 8.98. The summed E-state index contributed by atoms with van der Waals surface area (Å²) in [5, 5.41) is 9.43. The third-order valence-corrected chi connectivity index (χ3v) is 2.26. The molecular weight excluding hydrogens is 206 g/mol. The summed E-state index contributed by atoms with van der Waals surface area (Å²) in [5.41, 5.74) is 2.36. The van der Waals surface area contributed by atoms with Crippen molar-refractivity contribution in [2.75, 3.05) is 0 Å². The van der Waals surface area contributed by atoms with Crippen LogP contribution in [0.25, 0.3) is 17.1 Å². The second kappa shape index (κ2) is 3.77. The van der Waals surface area contributed by atoms with Crippen molar-refractivity contribution < 1.29 is 9.90 Å². The average Bonchev–Trinajstić information content (AvgIpc) is 2.57. The Labute approximate surface area is 91.9 Å². The van der Waals surface area contributed by atoms with E-state index in [2.05, 4.69) is 15.0 Å². The molecule has 0 atom stereocenters. The highest BCUT2D eigenvalue weighted by molar-refractivity contribution is 5.93. The van der Waals surface area contributed by atoms with Crippen molar-refractivity contribution >= 4 is 23.1 Å². The van der Waals surface area contributed by atoms with Crippen LogP contribution in [-0.2, 0) is 4.79 Å². The van der Waals surface area contributed by atoms with Crippen molar-refractivity contribution in [3.05, 3.63) is 29.4 Å². The van der Waals surface area contributed by atoms with Crippen LogP contribution in [0.15, 0.2) is 12.3 Å². The van der Waals surface area contributed by atoms with Crippen molar-refractivity contribution in [2.45, 2.75) is 13.8 Å². The summed E-state index contributed by atoms with van der Waals surface area (Å²) in [6.45, 7) is 3.70. The number of nitrogens with zero attached hydrogens (tertiary/aromatic N) is 2.